The van der Waals surface area contributed by atoms with Crippen LogP contribution in [-0.2, 0) is 0 Å². The molecule has 0 bridgehead atoms. The van der Waals surface area contributed by atoms with Crippen molar-refractivity contribution < 1.29 is 5.11 Å². The molecule has 1 unspecified atom stereocenters. The van der Waals surface area contributed by atoms with Crippen molar-refractivity contribution in [2.24, 2.45) is 16.9 Å². The molecule has 0 saturated carbocycles. The van der Waals surface area contributed by atoms with E-state index in [9.17, 15) is 5.11 Å². The van der Waals surface area contributed by atoms with Gasteiger partial charge in [-0.25, -0.2) is 0 Å². The van der Waals surface area contributed by atoms with Gasteiger partial charge in [-0.05, 0) is 12.3 Å². The van der Waals surface area contributed by atoms with Crippen molar-refractivity contribution in [2.45, 2.75) is 26.4 Å². The molecule has 72 valence electrons. The molecule has 0 aliphatic heterocycles. The fourth-order valence-electron chi connectivity index (χ4n) is 0.541. The second-order valence-electron chi connectivity index (χ2n) is 4.09. The number of aliphatic hydroxyl groups is 1. The Morgan fingerprint density at radius 2 is 1.58 bits per heavy atom. The molecule has 1 atom stereocenters. The van der Waals surface area contributed by atoms with Crippen LogP contribution in [0.5, 0.6) is 0 Å². The van der Waals surface area contributed by atoms with Crippen molar-refractivity contribution in [3.8, 4) is 0 Å². The van der Waals surface area contributed by atoms with Crippen LogP contribution in [0.3, 0.4) is 0 Å². The Hall–Kier alpha value is -0.380. The van der Waals surface area contributed by atoms with Gasteiger partial charge in [0, 0.05) is 13.1 Å². The Morgan fingerprint density at radius 3 is 1.92 bits per heavy atom. The first-order chi connectivity index (χ1) is 5.33. The second kappa shape index (κ2) is 4.03. The van der Waals surface area contributed by atoms with Crippen LogP contribution in [0, 0.1) is 5.41 Å². The lowest BCUT2D eigenvalue weighted by Crippen LogP contribution is -2.32. The Balaban J connectivity index is 4.23. The smallest absolute Gasteiger partial charge is 0.0921 e. The van der Waals surface area contributed by atoms with Crippen molar-refractivity contribution in [2.75, 3.05) is 13.1 Å². The molecule has 0 aromatic rings. The van der Waals surface area contributed by atoms with E-state index in [1.165, 1.54) is 0 Å². The third-order valence-electron chi connectivity index (χ3n) is 1.83. The molecule has 0 aliphatic carbocycles. The molecule has 0 aromatic heterocycles. The van der Waals surface area contributed by atoms with E-state index in [1.54, 1.807) is 13.0 Å². The highest BCUT2D eigenvalue weighted by atomic mass is 16.3. The summed E-state index contributed by atoms with van der Waals surface area (Å²) in [6.07, 6.45) is 3.61. The van der Waals surface area contributed by atoms with E-state index >= 15 is 0 Å². The van der Waals surface area contributed by atoms with Crippen LogP contribution in [0.4, 0.5) is 0 Å². The molecule has 0 fully saturated rings. The predicted molar refractivity (Wildman–Crippen MR) is 51.7 cm³/mol. The molecule has 0 aromatic carbocycles. The zero-order valence-electron chi connectivity index (χ0n) is 8.17. The maximum absolute atomic E-state index is 9.53. The molecule has 3 heteroatoms. The van der Waals surface area contributed by atoms with Gasteiger partial charge >= 0.3 is 0 Å². The van der Waals surface area contributed by atoms with E-state index in [-0.39, 0.29) is 12.0 Å². The number of rotatable bonds is 4. The lowest BCUT2D eigenvalue weighted by molar-refractivity contribution is 0.120. The van der Waals surface area contributed by atoms with E-state index in [0.717, 1.165) is 0 Å². The van der Waals surface area contributed by atoms with Crippen LogP contribution in [-0.4, -0.2) is 23.8 Å². The highest BCUT2D eigenvalue weighted by Crippen LogP contribution is 2.16. The average Bonchev–Trinajstić information content (AvgIpc) is 2.02. The summed E-state index contributed by atoms with van der Waals surface area (Å²) >= 11 is 0. The first kappa shape index (κ1) is 11.6. The van der Waals surface area contributed by atoms with E-state index in [4.69, 9.17) is 11.5 Å². The summed E-state index contributed by atoms with van der Waals surface area (Å²) < 4.78 is 0. The molecule has 0 spiro atoms. The maximum atomic E-state index is 9.53. The maximum Gasteiger partial charge on any atom is 0.0921 e. The van der Waals surface area contributed by atoms with Crippen LogP contribution < -0.4 is 11.5 Å². The second-order valence-corrected chi connectivity index (χ2v) is 4.09. The normalized spacial score (nSPS) is 18.2. The Labute approximate surface area is 74.4 Å². The highest BCUT2D eigenvalue weighted by Gasteiger charge is 2.16. The summed E-state index contributed by atoms with van der Waals surface area (Å²) in [5.41, 5.74) is 9.88. The zero-order valence-corrected chi connectivity index (χ0v) is 8.17. The molecule has 0 heterocycles. The minimum absolute atomic E-state index is 0.0703. The third kappa shape index (κ3) is 4.49. The molecule has 0 amide bonds. The third-order valence-corrected chi connectivity index (χ3v) is 1.83. The summed E-state index contributed by atoms with van der Waals surface area (Å²) in [6, 6.07) is 0. The van der Waals surface area contributed by atoms with Gasteiger partial charge < -0.3 is 16.6 Å². The van der Waals surface area contributed by atoms with Gasteiger partial charge in [0.2, 0.25) is 0 Å². The largest absolute Gasteiger partial charge is 0.385 e. The minimum Gasteiger partial charge on any atom is -0.385 e. The van der Waals surface area contributed by atoms with Gasteiger partial charge in [0.15, 0.2) is 0 Å². The van der Waals surface area contributed by atoms with E-state index < -0.39 is 5.60 Å². The van der Waals surface area contributed by atoms with Gasteiger partial charge in [-0.3, -0.25) is 0 Å². The molecule has 3 nitrogen and oxygen atoms in total. The molecular weight excluding hydrogens is 152 g/mol. The first-order valence-electron chi connectivity index (χ1n) is 4.16. The van der Waals surface area contributed by atoms with Crippen molar-refractivity contribution in [3.05, 3.63) is 12.2 Å². The first-order valence-corrected chi connectivity index (χ1v) is 4.16. The van der Waals surface area contributed by atoms with Crippen LogP contribution in [0.1, 0.15) is 20.8 Å². The van der Waals surface area contributed by atoms with E-state index in [2.05, 4.69) is 0 Å². The Morgan fingerprint density at radius 1 is 1.08 bits per heavy atom. The summed E-state index contributed by atoms with van der Waals surface area (Å²) in [5.74, 6) is 0. The SMILES string of the molecule is CC(C)(C=CC(C)(O)CN)CN. The lowest BCUT2D eigenvalue weighted by Gasteiger charge is -2.21. The molecule has 12 heavy (non-hydrogen) atoms. The van der Waals surface area contributed by atoms with Crippen molar-refractivity contribution in [3.63, 3.8) is 0 Å². The lowest BCUT2D eigenvalue weighted by atomic mass is 9.91. The van der Waals surface area contributed by atoms with E-state index in [1.807, 2.05) is 19.9 Å². The van der Waals surface area contributed by atoms with E-state index in [0.29, 0.717) is 6.54 Å². The molecule has 0 rings (SSSR count). The minimum atomic E-state index is -0.910. The molecule has 0 saturated heterocycles. The topological polar surface area (TPSA) is 72.3 Å². The Bertz CT molecular complexity index is 144. The quantitative estimate of drug-likeness (QED) is 0.532. The summed E-state index contributed by atoms with van der Waals surface area (Å²) in [5, 5.41) is 9.53. The van der Waals surface area contributed by atoms with Gasteiger partial charge in [-0.1, -0.05) is 26.0 Å². The summed E-state index contributed by atoms with van der Waals surface area (Å²) in [4.78, 5) is 0. The van der Waals surface area contributed by atoms with Crippen LogP contribution in [0.15, 0.2) is 12.2 Å². The number of nitrogens with two attached hydrogens (primary N) is 2. The summed E-state index contributed by atoms with van der Waals surface area (Å²) in [7, 11) is 0. The highest BCUT2D eigenvalue weighted by molar-refractivity contribution is 5.04. The Kier molecular flexibility index (Phi) is 3.90. The van der Waals surface area contributed by atoms with Gasteiger partial charge in [0.05, 0.1) is 5.60 Å². The fraction of sp³-hybridized carbons (Fsp3) is 0.778. The molecular formula is C9H20N2O. The summed E-state index contributed by atoms with van der Waals surface area (Å²) in [6.45, 7) is 6.48. The molecule has 0 aliphatic rings. The molecule has 5 N–H and O–H groups in total. The predicted octanol–water partition coefficient (Wildman–Crippen LogP) is 0.237. The van der Waals surface area contributed by atoms with Gasteiger partial charge in [0.25, 0.3) is 0 Å². The van der Waals surface area contributed by atoms with Crippen LogP contribution >= 0.6 is 0 Å². The van der Waals surface area contributed by atoms with Crippen LogP contribution in [0.2, 0.25) is 0 Å². The van der Waals surface area contributed by atoms with Gasteiger partial charge in [0.1, 0.15) is 0 Å². The number of hydrogen-bond acceptors (Lipinski definition) is 3. The number of hydrogen-bond donors (Lipinski definition) is 3. The standard InChI is InChI=1S/C9H20N2O/c1-8(2,6-10)4-5-9(3,12)7-11/h4-5,12H,6-7,10-11H2,1-3H3. The average molecular weight is 172 g/mol. The van der Waals surface area contributed by atoms with Crippen molar-refractivity contribution in [1.29, 1.82) is 0 Å². The zero-order chi connectivity index (χ0) is 9.83. The fourth-order valence-corrected chi connectivity index (χ4v) is 0.541. The monoisotopic (exact) mass is 172 g/mol. The van der Waals surface area contributed by atoms with Crippen LogP contribution in [0.25, 0.3) is 0 Å². The van der Waals surface area contributed by atoms with Crippen molar-refractivity contribution in [1.82, 2.24) is 0 Å². The van der Waals surface area contributed by atoms with Gasteiger partial charge in [-0.15, -0.1) is 0 Å². The van der Waals surface area contributed by atoms with Gasteiger partial charge in [-0.2, -0.15) is 0 Å². The molecule has 0 radical (unpaired) electrons. The van der Waals surface area contributed by atoms with Crippen molar-refractivity contribution >= 4 is 0 Å².